The number of hydrogen-bond donors (Lipinski definition) is 4. The summed E-state index contributed by atoms with van der Waals surface area (Å²) >= 11 is 0. The van der Waals surface area contributed by atoms with E-state index in [1.807, 2.05) is 43.3 Å². The molecule has 1 amide bonds. The summed E-state index contributed by atoms with van der Waals surface area (Å²) in [6.07, 6.45) is -0.495. The molecule has 180 valence electrons. The largest absolute Gasteiger partial charge is 0.488 e. The highest BCUT2D eigenvalue weighted by molar-refractivity contribution is 6.59. The number of carbonyl (C=O) groups excluding carboxylic acids is 1. The molecule has 8 heteroatoms. The topological polar surface area (TPSA) is 94.1 Å². The van der Waals surface area contributed by atoms with Gasteiger partial charge in [0.15, 0.2) is 0 Å². The molecule has 1 aliphatic carbocycles. The second kappa shape index (κ2) is 10.1. The molecular formula is C27H30BN3O4. The molecule has 1 heterocycles. The molecule has 3 aromatic carbocycles. The van der Waals surface area contributed by atoms with Crippen molar-refractivity contribution in [2.45, 2.75) is 19.4 Å². The summed E-state index contributed by atoms with van der Waals surface area (Å²) in [5, 5.41) is 26.0. The molecule has 1 aliphatic heterocycles. The number of ether oxygens (including phenoxy) is 1. The smallest absolute Gasteiger partial charge is 0.449 e. The van der Waals surface area contributed by atoms with Gasteiger partial charge in [-0.15, -0.1) is 0 Å². The Labute approximate surface area is 205 Å². The highest BCUT2D eigenvalue weighted by Crippen LogP contribution is 2.44. The molecule has 4 N–H and O–H groups in total. The molecule has 0 unspecified atom stereocenters. The number of fused-ring (bicyclic) bond motifs is 3. The average molecular weight is 471 g/mol. The first kappa shape index (κ1) is 23.4. The number of amides is 1. The van der Waals surface area contributed by atoms with Crippen molar-refractivity contribution in [3.8, 4) is 11.1 Å². The summed E-state index contributed by atoms with van der Waals surface area (Å²) in [5.41, 5.74) is 7.66. The predicted octanol–water partition coefficient (Wildman–Crippen LogP) is 2.12. The van der Waals surface area contributed by atoms with Crippen molar-refractivity contribution in [3.63, 3.8) is 0 Å². The van der Waals surface area contributed by atoms with Crippen LogP contribution in [0.25, 0.3) is 11.1 Å². The number of alkyl carbamates (subject to hydrolysis) is 1. The van der Waals surface area contributed by atoms with E-state index in [2.05, 4.69) is 39.8 Å². The number of nitrogens with zero attached hydrogens (tertiary/aromatic N) is 1. The monoisotopic (exact) mass is 471 g/mol. The van der Waals surface area contributed by atoms with Gasteiger partial charge in [-0.05, 0) is 57.9 Å². The summed E-state index contributed by atoms with van der Waals surface area (Å²) in [4.78, 5) is 14.9. The van der Waals surface area contributed by atoms with Gasteiger partial charge in [-0.25, -0.2) is 4.79 Å². The van der Waals surface area contributed by atoms with Gasteiger partial charge >= 0.3 is 13.2 Å². The quantitative estimate of drug-likeness (QED) is 0.412. The fraction of sp³-hybridized carbons (Fsp3) is 0.296. The van der Waals surface area contributed by atoms with Gasteiger partial charge in [-0.2, -0.15) is 0 Å². The minimum absolute atomic E-state index is 0.00191. The van der Waals surface area contributed by atoms with E-state index in [0.717, 1.165) is 43.0 Å². The van der Waals surface area contributed by atoms with Crippen LogP contribution < -0.4 is 21.0 Å². The van der Waals surface area contributed by atoms with E-state index in [-0.39, 0.29) is 19.1 Å². The maximum absolute atomic E-state index is 12.7. The van der Waals surface area contributed by atoms with E-state index in [1.165, 1.54) is 22.3 Å². The van der Waals surface area contributed by atoms with Gasteiger partial charge in [0.2, 0.25) is 0 Å². The number of piperazine rings is 1. The Morgan fingerprint density at radius 3 is 2.31 bits per heavy atom. The van der Waals surface area contributed by atoms with E-state index in [4.69, 9.17) is 4.74 Å². The maximum Gasteiger partial charge on any atom is 0.488 e. The van der Waals surface area contributed by atoms with Crippen LogP contribution in [0.1, 0.15) is 28.2 Å². The zero-order valence-electron chi connectivity index (χ0n) is 19.8. The van der Waals surface area contributed by atoms with Gasteiger partial charge in [-0.1, -0.05) is 48.5 Å². The third kappa shape index (κ3) is 4.78. The molecular weight excluding hydrogens is 441 g/mol. The van der Waals surface area contributed by atoms with Crippen LogP contribution in [0.5, 0.6) is 0 Å². The van der Waals surface area contributed by atoms with Gasteiger partial charge in [0.25, 0.3) is 0 Å². The van der Waals surface area contributed by atoms with Crippen LogP contribution in [0, 0.1) is 6.92 Å². The standard InChI is InChI=1S/C27H30BN3O4/c1-18-19(14-20(15-26(18)28(33)34)31-12-10-29-11-13-31)16-30-27(32)35-17-25-23-8-4-2-6-21(23)22-7-3-5-9-24(22)25/h2-9,14-15,25,29,33-34H,10-13,16-17H2,1H3,(H,30,32). The number of anilines is 1. The Morgan fingerprint density at radius 1 is 1.06 bits per heavy atom. The second-order valence-electron chi connectivity index (χ2n) is 9.11. The summed E-state index contributed by atoms with van der Waals surface area (Å²) in [7, 11) is -1.58. The lowest BCUT2D eigenvalue weighted by Crippen LogP contribution is -2.44. The van der Waals surface area contributed by atoms with Crippen molar-refractivity contribution in [1.82, 2.24) is 10.6 Å². The molecule has 5 rings (SSSR count). The molecule has 0 bridgehead atoms. The molecule has 1 saturated heterocycles. The van der Waals surface area contributed by atoms with Gasteiger partial charge in [-0.3, -0.25) is 0 Å². The second-order valence-corrected chi connectivity index (χ2v) is 9.11. The normalized spacial score (nSPS) is 14.9. The predicted molar refractivity (Wildman–Crippen MR) is 138 cm³/mol. The van der Waals surface area contributed by atoms with Crippen molar-refractivity contribution in [2.75, 3.05) is 37.7 Å². The van der Waals surface area contributed by atoms with Crippen molar-refractivity contribution in [2.24, 2.45) is 0 Å². The molecule has 0 aromatic heterocycles. The lowest BCUT2D eigenvalue weighted by molar-refractivity contribution is 0.142. The lowest BCUT2D eigenvalue weighted by Gasteiger charge is -2.30. The fourth-order valence-electron chi connectivity index (χ4n) is 5.16. The molecule has 7 nitrogen and oxygen atoms in total. The molecule has 3 aromatic rings. The molecule has 1 fully saturated rings. The molecule has 2 aliphatic rings. The zero-order chi connectivity index (χ0) is 24.4. The highest BCUT2D eigenvalue weighted by atomic mass is 16.5. The van der Waals surface area contributed by atoms with Gasteiger partial charge in [0.1, 0.15) is 6.61 Å². The molecule has 0 atom stereocenters. The first-order valence-corrected chi connectivity index (χ1v) is 12.1. The van der Waals surface area contributed by atoms with Crippen LogP contribution in [-0.4, -0.2) is 56.0 Å². The number of rotatable bonds is 6. The Bertz CT molecular complexity index is 1180. The summed E-state index contributed by atoms with van der Waals surface area (Å²) in [5.74, 6) is 0.00191. The minimum Gasteiger partial charge on any atom is -0.449 e. The summed E-state index contributed by atoms with van der Waals surface area (Å²) < 4.78 is 5.66. The van der Waals surface area contributed by atoms with E-state index < -0.39 is 13.2 Å². The third-order valence-corrected chi connectivity index (χ3v) is 7.07. The molecule has 35 heavy (non-hydrogen) atoms. The van der Waals surface area contributed by atoms with Crippen LogP contribution in [0.2, 0.25) is 0 Å². The van der Waals surface area contributed by atoms with Crippen LogP contribution in [0.15, 0.2) is 60.7 Å². The van der Waals surface area contributed by atoms with Crippen molar-refractivity contribution in [1.29, 1.82) is 0 Å². The van der Waals surface area contributed by atoms with E-state index in [0.29, 0.717) is 5.46 Å². The lowest BCUT2D eigenvalue weighted by atomic mass is 9.75. The van der Waals surface area contributed by atoms with E-state index in [1.54, 1.807) is 0 Å². The van der Waals surface area contributed by atoms with E-state index >= 15 is 0 Å². The van der Waals surface area contributed by atoms with E-state index in [9.17, 15) is 14.8 Å². The highest BCUT2D eigenvalue weighted by Gasteiger charge is 2.29. The Balaban J connectivity index is 1.27. The molecule has 0 spiro atoms. The first-order valence-electron chi connectivity index (χ1n) is 12.1. The Hall–Kier alpha value is -3.33. The molecule has 0 radical (unpaired) electrons. The molecule has 0 saturated carbocycles. The van der Waals surface area contributed by atoms with Crippen molar-refractivity contribution < 1.29 is 19.6 Å². The van der Waals surface area contributed by atoms with Crippen LogP contribution in [0.4, 0.5) is 10.5 Å². The number of carbonyl (C=O) groups is 1. The van der Waals surface area contributed by atoms with Gasteiger partial charge < -0.3 is 30.3 Å². The Morgan fingerprint density at radius 2 is 1.69 bits per heavy atom. The zero-order valence-corrected chi connectivity index (χ0v) is 19.8. The fourth-order valence-corrected chi connectivity index (χ4v) is 5.16. The summed E-state index contributed by atoms with van der Waals surface area (Å²) in [6.45, 7) is 5.75. The van der Waals surface area contributed by atoms with Crippen LogP contribution in [-0.2, 0) is 11.3 Å². The van der Waals surface area contributed by atoms with Crippen molar-refractivity contribution in [3.05, 3.63) is 82.9 Å². The number of nitrogens with one attached hydrogen (secondary N) is 2. The van der Waals surface area contributed by atoms with Crippen LogP contribution >= 0.6 is 0 Å². The number of hydrogen-bond acceptors (Lipinski definition) is 6. The SMILES string of the molecule is Cc1c(CNC(=O)OCC2c3ccccc3-c3ccccc32)cc(N2CCNCC2)cc1B(O)O. The Kier molecular flexibility index (Phi) is 6.77. The minimum atomic E-state index is -1.58. The summed E-state index contributed by atoms with van der Waals surface area (Å²) in [6, 6.07) is 20.3. The first-order chi connectivity index (χ1) is 17.0. The third-order valence-electron chi connectivity index (χ3n) is 7.07. The van der Waals surface area contributed by atoms with Gasteiger partial charge in [0.05, 0.1) is 0 Å². The maximum atomic E-state index is 12.7. The van der Waals surface area contributed by atoms with Gasteiger partial charge in [0, 0.05) is 44.3 Å². The van der Waals surface area contributed by atoms with Crippen LogP contribution in [0.3, 0.4) is 0 Å². The average Bonchev–Trinajstić information content (AvgIpc) is 3.21. The number of benzene rings is 3. The van der Waals surface area contributed by atoms with Crippen molar-refractivity contribution >= 4 is 24.4 Å².